The molecule has 4 rings (SSSR count). The first-order valence-corrected chi connectivity index (χ1v) is 13.2. The van der Waals surface area contributed by atoms with E-state index in [4.69, 9.17) is 18.9 Å². The van der Waals surface area contributed by atoms with E-state index in [-0.39, 0.29) is 26.4 Å². The summed E-state index contributed by atoms with van der Waals surface area (Å²) in [4.78, 5) is 41.0. The van der Waals surface area contributed by atoms with Gasteiger partial charge in [-0.05, 0) is 40.6 Å². The molecule has 0 spiro atoms. The summed E-state index contributed by atoms with van der Waals surface area (Å²) < 4.78 is 20.9. The molecule has 2 aromatic heterocycles. The lowest BCUT2D eigenvalue weighted by molar-refractivity contribution is -0.141. The predicted molar refractivity (Wildman–Crippen MR) is 138 cm³/mol. The number of carbonyl (C=O) groups excluding carboxylic acids is 3. The highest BCUT2D eigenvalue weighted by molar-refractivity contribution is 7.10. The number of methoxy groups -OCH3 is 1. The molecular formula is C25H27N3O7S2. The highest BCUT2D eigenvalue weighted by atomic mass is 32.1. The van der Waals surface area contributed by atoms with E-state index >= 15 is 0 Å². The number of hydrogen-bond donors (Lipinski definition) is 2. The van der Waals surface area contributed by atoms with Gasteiger partial charge in [0.05, 0.1) is 39.2 Å². The number of carbonyl (C=O) groups is 3. The van der Waals surface area contributed by atoms with Crippen molar-refractivity contribution in [3.8, 4) is 11.5 Å². The minimum Gasteiger partial charge on any atom is -0.469 e. The van der Waals surface area contributed by atoms with Gasteiger partial charge in [0.1, 0.15) is 6.61 Å². The topological polar surface area (TPSA) is 115 Å². The van der Waals surface area contributed by atoms with E-state index in [1.807, 2.05) is 35.0 Å². The van der Waals surface area contributed by atoms with Crippen LogP contribution >= 0.6 is 22.7 Å². The van der Waals surface area contributed by atoms with Crippen LogP contribution in [0.3, 0.4) is 0 Å². The maximum Gasteiger partial charge on any atom is 0.410 e. The number of fused-ring (bicyclic) bond motifs is 1. The maximum atomic E-state index is 12.8. The predicted octanol–water partition coefficient (Wildman–Crippen LogP) is 4.28. The molecule has 3 amide bonds. The number of thiophene rings is 2. The van der Waals surface area contributed by atoms with E-state index in [1.54, 1.807) is 45.8 Å². The van der Waals surface area contributed by atoms with Crippen molar-refractivity contribution < 1.29 is 33.3 Å². The van der Waals surface area contributed by atoms with Crippen LogP contribution in [0.4, 0.5) is 9.59 Å². The molecule has 37 heavy (non-hydrogen) atoms. The Kier molecular flexibility index (Phi) is 9.22. The lowest BCUT2D eigenvalue weighted by Gasteiger charge is -2.21. The van der Waals surface area contributed by atoms with Crippen LogP contribution in [0.1, 0.15) is 27.8 Å². The minimum atomic E-state index is -0.656. The summed E-state index contributed by atoms with van der Waals surface area (Å²) in [5.74, 6) is 0.656. The van der Waals surface area contributed by atoms with Crippen LogP contribution in [-0.2, 0) is 27.4 Å². The first-order valence-electron chi connectivity index (χ1n) is 11.5. The number of amides is 3. The molecule has 12 heteroatoms. The van der Waals surface area contributed by atoms with Crippen LogP contribution in [0, 0.1) is 0 Å². The van der Waals surface area contributed by atoms with Crippen molar-refractivity contribution in [2.45, 2.75) is 25.6 Å². The number of nitrogens with one attached hydrogen (secondary N) is 2. The molecule has 10 nitrogen and oxygen atoms in total. The molecule has 2 N–H and O–H groups in total. The van der Waals surface area contributed by atoms with Gasteiger partial charge in [-0.25, -0.2) is 9.59 Å². The summed E-state index contributed by atoms with van der Waals surface area (Å²) in [6, 6.07) is 11.8. The van der Waals surface area contributed by atoms with Gasteiger partial charge in [-0.2, -0.15) is 0 Å². The molecule has 1 aliphatic rings. The van der Waals surface area contributed by atoms with Gasteiger partial charge in [0.25, 0.3) is 0 Å². The third-order valence-electron chi connectivity index (χ3n) is 5.43. The number of ether oxygens (including phenoxy) is 4. The maximum absolute atomic E-state index is 12.8. The zero-order chi connectivity index (χ0) is 26.0. The highest BCUT2D eigenvalue weighted by Gasteiger charge is 2.23. The average Bonchev–Trinajstić information content (AvgIpc) is 3.68. The zero-order valence-electron chi connectivity index (χ0n) is 20.1. The number of rotatable bonds is 11. The molecule has 0 saturated heterocycles. The summed E-state index contributed by atoms with van der Waals surface area (Å²) in [7, 11) is 1.29. The SMILES string of the molecule is COC(=O)CC(NC(=O)NCCOC(=O)N(Cc1cccs1)Cc1cccs1)c1ccc2c(c1)OCO2. The van der Waals surface area contributed by atoms with Crippen molar-refractivity contribution in [3.05, 3.63) is 68.5 Å². The Bertz CT molecular complexity index is 1150. The number of urea groups is 1. The van der Waals surface area contributed by atoms with E-state index in [1.165, 1.54) is 7.11 Å². The molecule has 196 valence electrons. The van der Waals surface area contributed by atoms with Gasteiger partial charge in [0, 0.05) is 9.75 Å². The van der Waals surface area contributed by atoms with Gasteiger partial charge in [0.2, 0.25) is 6.79 Å². The van der Waals surface area contributed by atoms with Crippen LogP contribution in [0.25, 0.3) is 0 Å². The molecule has 1 aromatic carbocycles. The van der Waals surface area contributed by atoms with E-state index in [0.29, 0.717) is 30.2 Å². The number of hydrogen-bond acceptors (Lipinski definition) is 9. The quantitative estimate of drug-likeness (QED) is 0.273. The lowest BCUT2D eigenvalue weighted by Crippen LogP contribution is -2.41. The molecular weight excluding hydrogens is 518 g/mol. The molecule has 0 saturated carbocycles. The molecule has 1 aliphatic heterocycles. The summed E-state index contributed by atoms with van der Waals surface area (Å²) in [5, 5.41) is 9.35. The van der Waals surface area contributed by atoms with E-state index < -0.39 is 24.1 Å². The number of esters is 1. The Morgan fingerprint density at radius 1 is 1.03 bits per heavy atom. The normalized spacial score (nSPS) is 12.5. The van der Waals surface area contributed by atoms with E-state index in [2.05, 4.69) is 10.6 Å². The fourth-order valence-corrected chi connectivity index (χ4v) is 5.04. The van der Waals surface area contributed by atoms with Crippen molar-refractivity contribution in [1.82, 2.24) is 15.5 Å². The van der Waals surface area contributed by atoms with Gasteiger partial charge >= 0.3 is 18.1 Å². The first-order chi connectivity index (χ1) is 18.0. The van der Waals surface area contributed by atoms with Gasteiger partial charge < -0.3 is 29.6 Å². The number of benzene rings is 1. The van der Waals surface area contributed by atoms with Crippen LogP contribution in [-0.4, -0.2) is 50.0 Å². The molecule has 3 aromatic rings. The molecule has 1 unspecified atom stereocenters. The van der Waals surface area contributed by atoms with Gasteiger partial charge in [-0.1, -0.05) is 18.2 Å². The van der Waals surface area contributed by atoms with Crippen LogP contribution in [0.5, 0.6) is 11.5 Å². The standard InChI is InChI=1S/C25H27N3O7S2/c1-32-23(29)13-20(17-6-7-21-22(12-17)35-16-34-21)27-24(30)26-8-9-33-25(31)28(14-18-4-2-10-36-18)15-19-5-3-11-37-19/h2-7,10-12,20H,8-9,13-16H2,1H3,(H2,26,27,30). The van der Waals surface area contributed by atoms with Gasteiger partial charge in [0.15, 0.2) is 11.5 Å². The largest absolute Gasteiger partial charge is 0.469 e. The highest BCUT2D eigenvalue weighted by Crippen LogP contribution is 2.34. The van der Waals surface area contributed by atoms with E-state index in [0.717, 1.165) is 9.75 Å². The van der Waals surface area contributed by atoms with Crippen LogP contribution in [0.15, 0.2) is 53.2 Å². The van der Waals surface area contributed by atoms with Crippen molar-refractivity contribution >= 4 is 40.8 Å². The number of nitrogens with zero attached hydrogens (tertiary/aromatic N) is 1. The third kappa shape index (κ3) is 7.61. The van der Waals surface area contributed by atoms with Crippen molar-refractivity contribution in [2.24, 2.45) is 0 Å². The second-order valence-corrected chi connectivity index (χ2v) is 10.0. The first kappa shape index (κ1) is 26.3. The average molecular weight is 546 g/mol. The minimum absolute atomic E-state index is 0.0106. The Balaban J connectivity index is 1.28. The summed E-state index contributed by atoms with van der Waals surface area (Å²) in [5.41, 5.74) is 0.661. The molecule has 0 fully saturated rings. The van der Waals surface area contributed by atoms with Gasteiger partial charge in [-0.3, -0.25) is 9.69 Å². The van der Waals surface area contributed by atoms with Crippen molar-refractivity contribution in [3.63, 3.8) is 0 Å². The van der Waals surface area contributed by atoms with Crippen LogP contribution in [0.2, 0.25) is 0 Å². The Hall–Kier alpha value is -3.77. The third-order valence-corrected chi connectivity index (χ3v) is 7.15. The second-order valence-electron chi connectivity index (χ2n) is 7.97. The van der Waals surface area contributed by atoms with E-state index in [9.17, 15) is 14.4 Å². The Morgan fingerprint density at radius 2 is 1.73 bits per heavy atom. The molecule has 0 bridgehead atoms. The van der Waals surface area contributed by atoms with Crippen LogP contribution < -0.4 is 20.1 Å². The fraction of sp³-hybridized carbons (Fsp3) is 0.320. The molecule has 3 heterocycles. The second kappa shape index (κ2) is 13.0. The molecule has 0 aliphatic carbocycles. The molecule has 1 atom stereocenters. The summed E-state index contributed by atoms with van der Waals surface area (Å²) >= 11 is 3.14. The Morgan fingerprint density at radius 3 is 2.38 bits per heavy atom. The lowest BCUT2D eigenvalue weighted by atomic mass is 10.0. The summed E-state index contributed by atoms with van der Waals surface area (Å²) in [6.45, 7) is 1.07. The summed E-state index contributed by atoms with van der Waals surface area (Å²) in [6.07, 6.45) is -0.535. The van der Waals surface area contributed by atoms with Crippen molar-refractivity contribution in [1.29, 1.82) is 0 Å². The molecule has 0 radical (unpaired) electrons. The Labute approximate surface area is 222 Å². The zero-order valence-corrected chi connectivity index (χ0v) is 21.8. The van der Waals surface area contributed by atoms with Gasteiger partial charge in [-0.15, -0.1) is 22.7 Å². The monoisotopic (exact) mass is 545 g/mol. The smallest absolute Gasteiger partial charge is 0.410 e. The van der Waals surface area contributed by atoms with Crippen molar-refractivity contribution in [2.75, 3.05) is 27.1 Å². The fourth-order valence-electron chi connectivity index (χ4n) is 3.60.